The summed E-state index contributed by atoms with van der Waals surface area (Å²) in [5.41, 5.74) is 2.91. The van der Waals surface area contributed by atoms with Gasteiger partial charge in [-0.15, -0.1) is 0 Å². The van der Waals surface area contributed by atoms with Gasteiger partial charge >= 0.3 is 0 Å². The van der Waals surface area contributed by atoms with Gasteiger partial charge in [-0.2, -0.15) is 0 Å². The quantitative estimate of drug-likeness (QED) is 0.828. The van der Waals surface area contributed by atoms with Crippen molar-refractivity contribution in [3.8, 4) is 5.75 Å². The predicted molar refractivity (Wildman–Crippen MR) is 72.9 cm³/mol. The molecule has 1 aromatic carbocycles. The topological polar surface area (TPSA) is 54.4 Å². The van der Waals surface area contributed by atoms with Crippen LogP contribution in [0.25, 0.3) is 0 Å². The second-order valence-corrected chi connectivity index (χ2v) is 4.86. The van der Waals surface area contributed by atoms with E-state index >= 15 is 0 Å². The standard InChI is InChI=1S/C16H16O3/c1-9-10(2)16(19)14(11(3)15(9)18)8-12-5-4-6-13(17)7-12/h4-7,17H,8H2,1-3H3. The van der Waals surface area contributed by atoms with Crippen LogP contribution in [0.2, 0.25) is 0 Å². The molecule has 0 atom stereocenters. The summed E-state index contributed by atoms with van der Waals surface area (Å²) in [5, 5.41) is 9.44. The Morgan fingerprint density at radius 2 is 1.58 bits per heavy atom. The summed E-state index contributed by atoms with van der Waals surface area (Å²) in [4.78, 5) is 24.3. The minimum Gasteiger partial charge on any atom is -0.508 e. The second kappa shape index (κ2) is 4.84. The highest BCUT2D eigenvalue weighted by molar-refractivity contribution is 6.24. The van der Waals surface area contributed by atoms with E-state index in [0.29, 0.717) is 28.7 Å². The molecule has 0 fully saturated rings. The SMILES string of the molecule is CC1=C(C)C(=O)C(Cc2cccc(O)c2)=C(C)C1=O. The van der Waals surface area contributed by atoms with Crippen LogP contribution in [0.15, 0.2) is 46.6 Å². The molecule has 0 saturated heterocycles. The van der Waals surface area contributed by atoms with Crippen molar-refractivity contribution in [1.82, 2.24) is 0 Å². The number of hydrogen-bond acceptors (Lipinski definition) is 3. The molecule has 3 nitrogen and oxygen atoms in total. The van der Waals surface area contributed by atoms with Crippen molar-refractivity contribution in [3.63, 3.8) is 0 Å². The Balaban J connectivity index is 2.40. The van der Waals surface area contributed by atoms with E-state index in [2.05, 4.69) is 0 Å². The Labute approximate surface area is 112 Å². The van der Waals surface area contributed by atoms with Gasteiger partial charge in [0.15, 0.2) is 11.6 Å². The summed E-state index contributed by atoms with van der Waals surface area (Å²) < 4.78 is 0. The molecule has 0 bridgehead atoms. The minimum atomic E-state index is -0.0713. The summed E-state index contributed by atoms with van der Waals surface area (Å²) in [6, 6.07) is 6.74. The van der Waals surface area contributed by atoms with E-state index in [1.165, 1.54) is 0 Å². The number of ketones is 2. The fourth-order valence-electron chi connectivity index (χ4n) is 2.24. The molecule has 1 aliphatic rings. The summed E-state index contributed by atoms with van der Waals surface area (Å²) >= 11 is 0. The molecule has 1 aromatic rings. The van der Waals surface area contributed by atoms with E-state index in [1.807, 2.05) is 6.07 Å². The molecule has 3 heteroatoms. The number of rotatable bonds is 2. The molecule has 1 aliphatic carbocycles. The van der Waals surface area contributed by atoms with Crippen molar-refractivity contribution in [2.75, 3.05) is 0 Å². The molecule has 0 spiro atoms. The third-order valence-electron chi connectivity index (χ3n) is 3.60. The minimum absolute atomic E-state index is 0.0627. The summed E-state index contributed by atoms with van der Waals surface area (Å²) in [6.07, 6.45) is 0.370. The van der Waals surface area contributed by atoms with Crippen LogP contribution in [0.5, 0.6) is 5.75 Å². The number of carbonyl (C=O) groups excluding carboxylic acids is 2. The highest BCUT2D eigenvalue weighted by atomic mass is 16.3. The van der Waals surface area contributed by atoms with Crippen LogP contribution in [0, 0.1) is 0 Å². The number of Topliss-reactive ketones (excluding diaryl/α,β-unsaturated/α-hetero) is 2. The zero-order chi connectivity index (χ0) is 14.2. The van der Waals surface area contributed by atoms with E-state index in [-0.39, 0.29) is 17.3 Å². The van der Waals surface area contributed by atoms with Crippen molar-refractivity contribution < 1.29 is 14.7 Å². The van der Waals surface area contributed by atoms with Gasteiger partial charge in [-0.05, 0) is 38.5 Å². The summed E-state index contributed by atoms with van der Waals surface area (Å²) in [6.45, 7) is 5.06. The van der Waals surface area contributed by atoms with Gasteiger partial charge in [0.05, 0.1) is 0 Å². The maximum absolute atomic E-state index is 12.3. The Bertz CT molecular complexity index is 633. The zero-order valence-electron chi connectivity index (χ0n) is 11.3. The van der Waals surface area contributed by atoms with Gasteiger partial charge in [-0.1, -0.05) is 12.1 Å². The molecule has 1 N–H and O–H groups in total. The fourth-order valence-corrected chi connectivity index (χ4v) is 2.24. The van der Waals surface area contributed by atoms with Crippen LogP contribution in [0.4, 0.5) is 0 Å². The van der Waals surface area contributed by atoms with E-state index < -0.39 is 0 Å². The van der Waals surface area contributed by atoms with Crippen LogP contribution in [-0.4, -0.2) is 16.7 Å². The van der Waals surface area contributed by atoms with E-state index in [9.17, 15) is 14.7 Å². The van der Waals surface area contributed by atoms with Crippen LogP contribution >= 0.6 is 0 Å². The number of carbonyl (C=O) groups is 2. The van der Waals surface area contributed by atoms with Gasteiger partial charge in [0, 0.05) is 28.7 Å². The van der Waals surface area contributed by atoms with Gasteiger partial charge < -0.3 is 5.11 Å². The number of benzene rings is 1. The highest BCUT2D eigenvalue weighted by Crippen LogP contribution is 2.27. The van der Waals surface area contributed by atoms with Crippen molar-refractivity contribution in [2.24, 2.45) is 0 Å². The number of hydrogen-bond donors (Lipinski definition) is 1. The average Bonchev–Trinajstić information content (AvgIpc) is 2.39. The van der Waals surface area contributed by atoms with Crippen molar-refractivity contribution in [2.45, 2.75) is 27.2 Å². The number of aromatic hydroxyl groups is 1. The molecular formula is C16H16O3. The summed E-state index contributed by atoms with van der Waals surface area (Å²) in [7, 11) is 0. The lowest BCUT2D eigenvalue weighted by Gasteiger charge is -2.18. The molecule has 0 radical (unpaired) electrons. The summed E-state index contributed by atoms with van der Waals surface area (Å²) in [5.74, 6) is 0.0268. The smallest absolute Gasteiger partial charge is 0.185 e. The van der Waals surface area contributed by atoms with Gasteiger partial charge in [0.1, 0.15) is 5.75 Å². The van der Waals surface area contributed by atoms with Crippen LogP contribution in [0.1, 0.15) is 26.3 Å². The Morgan fingerprint density at radius 3 is 2.21 bits per heavy atom. The van der Waals surface area contributed by atoms with E-state index in [4.69, 9.17) is 0 Å². The number of phenolic OH excluding ortho intramolecular Hbond substituents is 1. The highest BCUT2D eigenvalue weighted by Gasteiger charge is 2.27. The zero-order valence-corrected chi connectivity index (χ0v) is 11.3. The maximum Gasteiger partial charge on any atom is 0.185 e. The monoisotopic (exact) mass is 256 g/mol. The molecule has 0 amide bonds. The lowest BCUT2D eigenvalue weighted by Crippen LogP contribution is -2.21. The maximum atomic E-state index is 12.3. The second-order valence-electron chi connectivity index (χ2n) is 4.86. The molecule has 98 valence electrons. The largest absolute Gasteiger partial charge is 0.508 e. The Morgan fingerprint density at radius 1 is 0.947 bits per heavy atom. The third-order valence-corrected chi connectivity index (χ3v) is 3.60. The molecular weight excluding hydrogens is 240 g/mol. The first-order chi connectivity index (χ1) is 8.91. The van der Waals surface area contributed by atoms with Gasteiger partial charge in [-0.3, -0.25) is 9.59 Å². The number of allylic oxidation sites excluding steroid dienone is 4. The first kappa shape index (κ1) is 13.3. The van der Waals surface area contributed by atoms with Crippen LogP contribution in [-0.2, 0) is 16.0 Å². The van der Waals surface area contributed by atoms with Gasteiger partial charge in [0.2, 0.25) is 0 Å². The van der Waals surface area contributed by atoms with E-state index in [0.717, 1.165) is 5.56 Å². The van der Waals surface area contributed by atoms with Gasteiger partial charge in [-0.25, -0.2) is 0 Å². The molecule has 19 heavy (non-hydrogen) atoms. The van der Waals surface area contributed by atoms with Gasteiger partial charge in [0.25, 0.3) is 0 Å². The predicted octanol–water partition coefficient (Wildman–Crippen LogP) is 2.74. The van der Waals surface area contributed by atoms with Crippen molar-refractivity contribution in [3.05, 3.63) is 52.1 Å². The third kappa shape index (κ3) is 2.36. The lowest BCUT2D eigenvalue weighted by atomic mass is 9.83. The molecule has 0 heterocycles. The fraction of sp³-hybridized carbons (Fsp3) is 0.250. The lowest BCUT2D eigenvalue weighted by molar-refractivity contribution is -0.116. The molecule has 0 saturated carbocycles. The molecule has 0 aliphatic heterocycles. The average molecular weight is 256 g/mol. The molecule has 2 rings (SSSR count). The van der Waals surface area contributed by atoms with Crippen LogP contribution < -0.4 is 0 Å². The number of phenols is 1. The Hall–Kier alpha value is -2.16. The van der Waals surface area contributed by atoms with Crippen LogP contribution in [0.3, 0.4) is 0 Å². The first-order valence-corrected chi connectivity index (χ1v) is 6.16. The van der Waals surface area contributed by atoms with Crippen molar-refractivity contribution >= 4 is 11.6 Å². The van der Waals surface area contributed by atoms with E-state index in [1.54, 1.807) is 39.0 Å². The van der Waals surface area contributed by atoms with Crippen molar-refractivity contribution in [1.29, 1.82) is 0 Å². The molecule has 0 unspecified atom stereocenters. The first-order valence-electron chi connectivity index (χ1n) is 6.16. The Kier molecular flexibility index (Phi) is 3.38. The molecule has 0 aromatic heterocycles. The normalized spacial score (nSPS) is 16.4.